The molecular formula is C7H9ClF3N3O. The Morgan fingerprint density at radius 2 is 2.13 bits per heavy atom. The maximum absolute atomic E-state index is 11.8. The number of nitrogens with one attached hydrogen (secondary N) is 2. The molecule has 1 aliphatic heterocycles. The van der Waals surface area contributed by atoms with Crippen LogP contribution in [0.25, 0.3) is 0 Å². The number of hydrogen-bond donors (Lipinski definition) is 2. The average Bonchev–Trinajstić information content (AvgIpc) is 2.50. The Morgan fingerprint density at radius 3 is 2.53 bits per heavy atom. The van der Waals surface area contributed by atoms with Crippen LogP contribution in [0.5, 0.6) is 0 Å². The summed E-state index contributed by atoms with van der Waals surface area (Å²) in [6.45, 7) is 0.706. The molecule has 4 nitrogen and oxygen atoms in total. The molecule has 0 radical (unpaired) electrons. The molecule has 1 saturated heterocycles. The van der Waals surface area contributed by atoms with E-state index in [1.807, 2.05) is 11.5 Å². The van der Waals surface area contributed by atoms with Gasteiger partial charge in [-0.25, -0.2) is 4.90 Å². The number of nitrogens with zero attached hydrogens (tertiary/aromatic N) is 1. The minimum Gasteiger partial charge on any atom is -1.00 e. The Labute approximate surface area is 90.4 Å². The zero-order chi connectivity index (χ0) is 10.8. The molecule has 1 fully saturated rings. The Morgan fingerprint density at radius 1 is 1.53 bits per heavy atom. The van der Waals surface area contributed by atoms with E-state index in [1.54, 1.807) is 0 Å². The third-order valence-corrected chi connectivity index (χ3v) is 2.04. The Hall–Kier alpha value is -1.00. The highest BCUT2D eigenvalue weighted by Crippen LogP contribution is 2.14. The van der Waals surface area contributed by atoms with Crippen molar-refractivity contribution in [2.24, 2.45) is 0 Å². The largest absolute Gasteiger partial charge is 1.00 e. The number of halogens is 4. The first-order valence-electron chi connectivity index (χ1n) is 4.06. The molecule has 0 aromatic carbocycles. The highest BCUT2D eigenvalue weighted by Gasteiger charge is 2.41. The second-order valence-corrected chi connectivity index (χ2v) is 3.13. The van der Waals surface area contributed by atoms with Crippen molar-refractivity contribution in [3.05, 3.63) is 0 Å². The molecule has 0 saturated carbocycles. The third kappa shape index (κ3) is 3.93. The Balaban J connectivity index is 0.00000196. The number of nitriles is 1. The van der Waals surface area contributed by atoms with E-state index in [0.717, 1.165) is 0 Å². The number of rotatable bonds is 1. The van der Waals surface area contributed by atoms with Crippen LogP contribution in [0, 0.1) is 11.5 Å². The lowest BCUT2D eigenvalue weighted by Crippen LogP contribution is -3.06. The van der Waals surface area contributed by atoms with Crippen LogP contribution in [-0.2, 0) is 4.79 Å². The van der Waals surface area contributed by atoms with Crippen LogP contribution in [0.15, 0.2) is 0 Å². The summed E-state index contributed by atoms with van der Waals surface area (Å²) in [5, 5.41) is 10.3. The lowest BCUT2D eigenvalue weighted by Gasteiger charge is -2.11. The number of hydrogen-bond acceptors (Lipinski definition) is 2. The SMILES string of the molecule is N#C[NH+]1CCC(NC(=O)C(F)(F)F)C1.[Cl-]. The van der Waals surface area contributed by atoms with Gasteiger partial charge in [0.25, 0.3) is 0 Å². The monoisotopic (exact) mass is 243 g/mol. The molecule has 86 valence electrons. The quantitative estimate of drug-likeness (QED) is 0.459. The molecule has 2 atom stereocenters. The summed E-state index contributed by atoms with van der Waals surface area (Å²) in [4.78, 5) is 11.0. The summed E-state index contributed by atoms with van der Waals surface area (Å²) >= 11 is 0. The predicted octanol–water partition coefficient (Wildman–Crippen LogP) is -4.19. The fourth-order valence-electron chi connectivity index (χ4n) is 1.34. The van der Waals surface area contributed by atoms with Gasteiger partial charge >= 0.3 is 18.3 Å². The molecule has 0 aromatic rings. The molecule has 0 spiro atoms. The minimum atomic E-state index is -4.84. The Kier molecular flexibility index (Phi) is 4.84. The Bertz CT molecular complexity index is 276. The number of carbonyl (C=O) groups excluding carboxylic acids is 1. The van der Waals surface area contributed by atoms with Gasteiger partial charge in [-0.2, -0.15) is 13.2 Å². The molecular weight excluding hydrogens is 235 g/mol. The van der Waals surface area contributed by atoms with Crippen molar-refractivity contribution in [2.75, 3.05) is 13.1 Å². The fraction of sp³-hybridized carbons (Fsp3) is 0.714. The molecule has 0 aliphatic carbocycles. The van der Waals surface area contributed by atoms with Gasteiger partial charge < -0.3 is 17.7 Å². The van der Waals surface area contributed by atoms with Gasteiger partial charge in [0.15, 0.2) is 0 Å². The molecule has 2 unspecified atom stereocenters. The van der Waals surface area contributed by atoms with Gasteiger partial charge in [-0.15, -0.1) is 5.26 Å². The fourth-order valence-corrected chi connectivity index (χ4v) is 1.34. The van der Waals surface area contributed by atoms with Crippen molar-refractivity contribution in [3.63, 3.8) is 0 Å². The first-order valence-corrected chi connectivity index (χ1v) is 4.06. The first kappa shape index (κ1) is 14.0. The zero-order valence-corrected chi connectivity index (χ0v) is 8.32. The van der Waals surface area contributed by atoms with Crippen molar-refractivity contribution >= 4 is 5.91 Å². The maximum atomic E-state index is 11.8. The van der Waals surface area contributed by atoms with Crippen molar-refractivity contribution in [1.29, 1.82) is 5.26 Å². The van der Waals surface area contributed by atoms with Gasteiger partial charge in [0.2, 0.25) is 0 Å². The van der Waals surface area contributed by atoms with Gasteiger partial charge in [-0.3, -0.25) is 4.79 Å². The summed E-state index contributed by atoms with van der Waals surface area (Å²) in [5.74, 6) is -1.93. The standard InChI is InChI=1S/C7H8F3N3O.ClH/c8-7(9,10)6(14)12-5-1-2-13(3-5)4-11;/h5H,1-3H2,(H,12,14);1H. The number of amides is 1. The summed E-state index contributed by atoms with van der Waals surface area (Å²) in [7, 11) is 0. The van der Waals surface area contributed by atoms with E-state index in [1.165, 1.54) is 0 Å². The number of likely N-dealkylation sites (tertiary alicyclic amines) is 1. The normalized spacial score (nSPS) is 25.2. The second-order valence-electron chi connectivity index (χ2n) is 3.13. The molecule has 1 heterocycles. The van der Waals surface area contributed by atoms with Gasteiger partial charge in [0, 0.05) is 6.42 Å². The molecule has 8 heteroatoms. The molecule has 15 heavy (non-hydrogen) atoms. The molecule has 0 aromatic heterocycles. The van der Waals surface area contributed by atoms with Crippen LogP contribution in [0.4, 0.5) is 13.2 Å². The van der Waals surface area contributed by atoms with Crippen molar-refractivity contribution in [1.82, 2.24) is 5.32 Å². The van der Waals surface area contributed by atoms with Crippen LogP contribution in [0.2, 0.25) is 0 Å². The molecule has 1 amide bonds. The highest BCUT2D eigenvalue weighted by atomic mass is 35.5. The molecule has 1 rings (SSSR count). The molecule has 0 bridgehead atoms. The number of alkyl halides is 3. The average molecular weight is 244 g/mol. The third-order valence-electron chi connectivity index (χ3n) is 2.04. The predicted molar refractivity (Wildman–Crippen MR) is 38.9 cm³/mol. The van der Waals surface area contributed by atoms with E-state index in [0.29, 0.717) is 17.9 Å². The van der Waals surface area contributed by atoms with Crippen LogP contribution < -0.4 is 22.6 Å². The van der Waals surface area contributed by atoms with E-state index in [4.69, 9.17) is 5.26 Å². The van der Waals surface area contributed by atoms with Crippen LogP contribution in [-0.4, -0.2) is 31.2 Å². The van der Waals surface area contributed by atoms with Gasteiger partial charge in [0.1, 0.15) is 6.54 Å². The van der Waals surface area contributed by atoms with Crippen molar-refractivity contribution in [2.45, 2.75) is 18.6 Å². The summed E-state index contributed by atoms with van der Waals surface area (Å²) < 4.78 is 35.4. The molecule has 2 N–H and O–H groups in total. The van der Waals surface area contributed by atoms with Crippen LogP contribution in [0.1, 0.15) is 6.42 Å². The van der Waals surface area contributed by atoms with E-state index in [9.17, 15) is 18.0 Å². The highest BCUT2D eigenvalue weighted by molar-refractivity contribution is 5.81. The van der Waals surface area contributed by atoms with E-state index < -0.39 is 18.1 Å². The summed E-state index contributed by atoms with van der Waals surface area (Å²) in [5.41, 5.74) is 0. The van der Waals surface area contributed by atoms with Gasteiger partial charge in [0.05, 0.1) is 12.6 Å². The first-order chi connectivity index (χ1) is 6.43. The van der Waals surface area contributed by atoms with E-state index in [-0.39, 0.29) is 19.0 Å². The van der Waals surface area contributed by atoms with E-state index in [2.05, 4.69) is 0 Å². The zero-order valence-electron chi connectivity index (χ0n) is 7.57. The van der Waals surface area contributed by atoms with Crippen LogP contribution in [0.3, 0.4) is 0 Å². The van der Waals surface area contributed by atoms with Gasteiger partial charge in [-0.1, -0.05) is 0 Å². The topological polar surface area (TPSA) is 57.3 Å². The van der Waals surface area contributed by atoms with E-state index >= 15 is 0 Å². The summed E-state index contributed by atoms with van der Waals surface area (Å²) in [6.07, 6.45) is -2.54. The van der Waals surface area contributed by atoms with Crippen molar-refractivity contribution in [3.8, 4) is 6.19 Å². The minimum absolute atomic E-state index is 0. The summed E-state index contributed by atoms with van der Waals surface area (Å²) in [6, 6.07) is -0.543. The lowest BCUT2D eigenvalue weighted by molar-refractivity contribution is -0.818. The molecule has 1 aliphatic rings. The van der Waals surface area contributed by atoms with Gasteiger partial charge in [-0.05, 0) is 0 Å². The number of quaternary nitrogens is 1. The maximum Gasteiger partial charge on any atom is 0.471 e. The van der Waals surface area contributed by atoms with Crippen LogP contribution >= 0.6 is 0 Å². The lowest BCUT2D eigenvalue weighted by atomic mass is 10.2. The smallest absolute Gasteiger partial charge is 0.471 e. The second kappa shape index (κ2) is 5.19. The number of carbonyl (C=O) groups is 1. The van der Waals surface area contributed by atoms with Crippen molar-refractivity contribution < 1.29 is 35.3 Å².